The normalized spacial score (nSPS) is 17.5. The van der Waals surface area contributed by atoms with E-state index >= 15 is 0 Å². The van der Waals surface area contributed by atoms with Crippen molar-refractivity contribution >= 4 is 0 Å². The van der Waals surface area contributed by atoms with Crippen molar-refractivity contribution in [3.8, 4) is 0 Å². The average Bonchev–Trinajstić information content (AvgIpc) is 3.06. The van der Waals surface area contributed by atoms with Gasteiger partial charge in [0.25, 0.3) is 0 Å². The fraction of sp³-hybridized carbons (Fsp3) is 0.800. The van der Waals surface area contributed by atoms with Crippen molar-refractivity contribution in [3.05, 3.63) is 18.2 Å². The Balaban J connectivity index is 1.94. The second-order valence-electron chi connectivity index (χ2n) is 6.27. The fourth-order valence-electron chi connectivity index (χ4n) is 2.94. The van der Waals surface area contributed by atoms with Crippen LogP contribution in [0.5, 0.6) is 0 Å². The Kier molecular flexibility index (Phi) is 4.63. The van der Waals surface area contributed by atoms with Crippen molar-refractivity contribution in [2.75, 3.05) is 20.6 Å². The van der Waals surface area contributed by atoms with Crippen LogP contribution in [-0.4, -0.2) is 41.1 Å². The minimum atomic E-state index is -0.0254. The number of aromatic nitrogens is 2. The maximum Gasteiger partial charge on any atom is 0.0949 e. The van der Waals surface area contributed by atoms with Crippen LogP contribution in [0.3, 0.4) is 0 Å². The maximum atomic E-state index is 4.32. The molecule has 0 amide bonds. The van der Waals surface area contributed by atoms with Gasteiger partial charge in [-0.05, 0) is 40.8 Å². The molecule has 19 heavy (non-hydrogen) atoms. The zero-order valence-corrected chi connectivity index (χ0v) is 12.8. The third-order valence-corrected chi connectivity index (χ3v) is 4.62. The number of hydrogen-bond acceptors (Lipinski definition) is 3. The third-order valence-electron chi connectivity index (χ3n) is 4.62. The zero-order chi connectivity index (χ0) is 13.9. The predicted octanol–water partition coefficient (Wildman–Crippen LogP) is 2.21. The van der Waals surface area contributed by atoms with Crippen molar-refractivity contribution < 1.29 is 0 Å². The molecular weight excluding hydrogens is 236 g/mol. The first kappa shape index (κ1) is 14.5. The lowest BCUT2D eigenvalue weighted by Crippen LogP contribution is -2.37. The van der Waals surface area contributed by atoms with E-state index in [1.165, 1.54) is 31.4 Å². The maximum absolute atomic E-state index is 4.32. The molecule has 1 saturated carbocycles. The molecule has 4 nitrogen and oxygen atoms in total. The van der Waals surface area contributed by atoms with Crippen molar-refractivity contribution in [1.82, 2.24) is 19.8 Å². The molecule has 4 heteroatoms. The molecule has 1 aliphatic rings. The highest BCUT2D eigenvalue weighted by atomic mass is 15.2. The first-order chi connectivity index (χ1) is 9.04. The van der Waals surface area contributed by atoms with Crippen LogP contribution in [0.15, 0.2) is 12.5 Å². The second-order valence-corrected chi connectivity index (χ2v) is 6.27. The van der Waals surface area contributed by atoms with Gasteiger partial charge in [0.2, 0.25) is 0 Å². The SMILES string of the molecule is CNC(C)(C)c1cncn1CCN(C)C1CCCC1. The lowest BCUT2D eigenvalue weighted by atomic mass is 10.0. The molecule has 0 unspecified atom stereocenters. The van der Waals surface area contributed by atoms with E-state index in [2.05, 4.69) is 40.7 Å². The van der Waals surface area contributed by atoms with Crippen LogP contribution in [0.25, 0.3) is 0 Å². The molecular formula is C15H28N4. The van der Waals surface area contributed by atoms with Gasteiger partial charge >= 0.3 is 0 Å². The summed E-state index contributed by atoms with van der Waals surface area (Å²) in [5.41, 5.74) is 1.23. The summed E-state index contributed by atoms with van der Waals surface area (Å²) in [7, 11) is 4.26. The Labute approximate surface area is 117 Å². The van der Waals surface area contributed by atoms with Crippen LogP contribution in [0, 0.1) is 0 Å². The van der Waals surface area contributed by atoms with Gasteiger partial charge in [-0.25, -0.2) is 4.98 Å². The Morgan fingerprint density at radius 3 is 2.74 bits per heavy atom. The van der Waals surface area contributed by atoms with Gasteiger partial charge in [-0.3, -0.25) is 0 Å². The zero-order valence-electron chi connectivity index (χ0n) is 12.8. The number of likely N-dealkylation sites (N-methyl/N-ethyl adjacent to an activating group) is 1. The Morgan fingerprint density at radius 2 is 2.11 bits per heavy atom. The van der Waals surface area contributed by atoms with E-state index in [4.69, 9.17) is 0 Å². The molecule has 1 aromatic rings. The third kappa shape index (κ3) is 3.37. The van der Waals surface area contributed by atoms with Crippen molar-refractivity contribution in [2.24, 2.45) is 0 Å². The molecule has 1 aromatic heterocycles. The van der Waals surface area contributed by atoms with Gasteiger partial charge in [0.1, 0.15) is 0 Å². The first-order valence-electron chi connectivity index (χ1n) is 7.44. The van der Waals surface area contributed by atoms with E-state index in [1.807, 2.05) is 19.6 Å². The summed E-state index contributed by atoms with van der Waals surface area (Å²) in [6, 6.07) is 0.796. The van der Waals surface area contributed by atoms with Crippen LogP contribution in [0.2, 0.25) is 0 Å². The van der Waals surface area contributed by atoms with Crippen LogP contribution >= 0.6 is 0 Å². The molecule has 1 N–H and O–H groups in total. The van der Waals surface area contributed by atoms with Gasteiger partial charge in [-0.15, -0.1) is 0 Å². The molecule has 0 bridgehead atoms. The Hall–Kier alpha value is -0.870. The predicted molar refractivity (Wildman–Crippen MR) is 79.2 cm³/mol. The van der Waals surface area contributed by atoms with E-state index in [0.29, 0.717) is 0 Å². The highest BCUT2D eigenvalue weighted by molar-refractivity contribution is 5.10. The lowest BCUT2D eigenvalue weighted by Gasteiger charge is -2.28. The Morgan fingerprint density at radius 1 is 1.42 bits per heavy atom. The summed E-state index contributed by atoms with van der Waals surface area (Å²) in [5, 5.41) is 3.35. The molecule has 0 aliphatic heterocycles. The van der Waals surface area contributed by atoms with Crippen molar-refractivity contribution in [2.45, 2.75) is 57.7 Å². The summed E-state index contributed by atoms with van der Waals surface area (Å²) >= 11 is 0. The number of nitrogens with zero attached hydrogens (tertiary/aromatic N) is 3. The summed E-state index contributed by atoms with van der Waals surface area (Å²) in [6.45, 7) is 6.52. The lowest BCUT2D eigenvalue weighted by molar-refractivity contribution is 0.233. The standard InChI is InChI=1S/C15H28N4/c1-15(2,16-3)14-11-17-12-19(14)10-9-18(4)13-7-5-6-8-13/h11-13,16H,5-10H2,1-4H3. The van der Waals surface area contributed by atoms with Gasteiger partial charge in [0.05, 0.1) is 17.6 Å². The largest absolute Gasteiger partial charge is 0.332 e. The summed E-state index contributed by atoms with van der Waals surface area (Å²) < 4.78 is 2.28. The highest BCUT2D eigenvalue weighted by Gasteiger charge is 2.23. The van der Waals surface area contributed by atoms with Gasteiger partial charge in [-0.1, -0.05) is 12.8 Å². The second kappa shape index (κ2) is 6.06. The van der Waals surface area contributed by atoms with Crippen molar-refractivity contribution in [1.29, 1.82) is 0 Å². The van der Waals surface area contributed by atoms with Gasteiger partial charge in [0, 0.05) is 25.3 Å². The Bertz CT molecular complexity index is 391. The molecule has 1 aliphatic carbocycles. The van der Waals surface area contributed by atoms with Crippen LogP contribution in [0.4, 0.5) is 0 Å². The van der Waals surface area contributed by atoms with E-state index in [9.17, 15) is 0 Å². The molecule has 0 spiro atoms. The smallest absolute Gasteiger partial charge is 0.0949 e. The van der Waals surface area contributed by atoms with E-state index in [1.54, 1.807) is 0 Å². The fourth-order valence-corrected chi connectivity index (χ4v) is 2.94. The summed E-state index contributed by atoms with van der Waals surface area (Å²) in [5.74, 6) is 0. The minimum absolute atomic E-state index is 0.0254. The summed E-state index contributed by atoms with van der Waals surface area (Å²) in [6.07, 6.45) is 9.48. The quantitative estimate of drug-likeness (QED) is 0.855. The van der Waals surface area contributed by atoms with E-state index in [0.717, 1.165) is 19.1 Å². The van der Waals surface area contributed by atoms with Crippen LogP contribution < -0.4 is 5.32 Å². The molecule has 1 fully saturated rings. The molecule has 108 valence electrons. The molecule has 0 radical (unpaired) electrons. The van der Waals surface area contributed by atoms with Gasteiger partial charge < -0.3 is 14.8 Å². The van der Waals surface area contributed by atoms with Gasteiger partial charge in [-0.2, -0.15) is 0 Å². The highest BCUT2D eigenvalue weighted by Crippen LogP contribution is 2.23. The molecule has 0 aromatic carbocycles. The first-order valence-corrected chi connectivity index (χ1v) is 7.44. The number of nitrogens with one attached hydrogen (secondary N) is 1. The molecule has 1 heterocycles. The van der Waals surface area contributed by atoms with Crippen LogP contribution in [-0.2, 0) is 12.1 Å². The number of hydrogen-bond donors (Lipinski definition) is 1. The minimum Gasteiger partial charge on any atom is -0.332 e. The van der Waals surface area contributed by atoms with Crippen molar-refractivity contribution in [3.63, 3.8) is 0 Å². The van der Waals surface area contributed by atoms with E-state index < -0.39 is 0 Å². The summed E-state index contributed by atoms with van der Waals surface area (Å²) in [4.78, 5) is 6.83. The molecule has 0 atom stereocenters. The van der Waals surface area contributed by atoms with E-state index in [-0.39, 0.29) is 5.54 Å². The average molecular weight is 264 g/mol. The number of imidazole rings is 1. The van der Waals surface area contributed by atoms with Crippen LogP contribution in [0.1, 0.15) is 45.2 Å². The van der Waals surface area contributed by atoms with Gasteiger partial charge in [0.15, 0.2) is 0 Å². The topological polar surface area (TPSA) is 33.1 Å². The molecule has 0 saturated heterocycles. The monoisotopic (exact) mass is 264 g/mol. The number of rotatable bonds is 6. The molecule has 2 rings (SSSR count).